The number of carbonyl (C=O) groups excluding carboxylic acids is 1. The van der Waals surface area contributed by atoms with Crippen LogP contribution in [0.25, 0.3) is 0 Å². The summed E-state index contributed by atoms with van der Waals surface area (Å²) in [5, 5.41) is 0. The van der Waals surface area contributed by atoms with Crippen LogP contribution in [0.2, 0.25) is 0 Å². The first-order valence-corrected chi connectivity index (χ1v) is 5.56. The van der Waals surface area contributed by atoms with Crippen molar-refractivity contribution in [3.8, 4) is 0 Å². The van der Waals surface area contributed by atoms with E-state index in [1.54, 1.807) is 14.2 Å². The second-order valence-corrected chi connectivity index (χ2v) is 3.94. The van der Waals surface area contributed by atoms with E-state index >= 15 is 0 Å². The summed E-state index contributed by atoms with van der Waals surface area (Å²) in [6.07, 6.45) is 3.30. The van der Waals surface area contributed by atoms with Crippen molar-refractivity contribution in [2.45, 2.75) is 19.3 Å². The molecule has 0 aromatic rings. The van der Waals surface area contributed by atoms with Crippen LogP contribution in [0.1, 0.15) is 19.3 Å². The van der Waals surface area contributed by atoms with Crippen molar-refractivity contribution in [1.29, 1.82) is 0 Å². The molecule has 0 saturated heterocycles. The summed E-state index contributed by atoms with van der Waals surface area (Å²) in [4.78, 5) is 13.8. The average Bonchev–Trinajstić information content (AvgIpc) is 2.15. The molecular formula is C11H21NO3. The monoisotopic (exact) mass is 215 g/mol. The van der Waals surface area contributed by atoms with Gasteiger partial charge in [0.1, 0.15) is 0 Å². The fourth-order valence-corrected chi connectivity index (χ4v) is 1.65. The quantitative estimate of drug-likeness (QED) is 0.633. The Labute approximate surface area is 91.5 Å². The van der Waals surface area contributed by atoms with Crippen molar-refractivity contribution < 1.29 is 14.3 Å². The maximum atomic E-state index is 12.0. The SMILES string of the molecule is COCCN(CCOC)C(=O)C1CCC1. The molecule has 0 bridgehead atoms. The number of rotatable bonds is 7. The molecule has 1 aliphatic rings. The molecule has 0 atom stereocenters. The first-order valence-electron chi connectivity index (χ1n) is 5.56. The summed E-state index contributed by atoms with van der Waals surface area (Å²) in [5.41, 5.74) is 0. The van der Waals surface area contributed by atoms with Crippen LogP contribution in [-0.2, 0) is 14.3 Å². The van der Waals surface area contributed by atoms with E-state index in [0.717, 1.165) is 12.8 Å². The molecule has 88 valence electrons. The second-order valence-electron chi connectivity index (χ2n) is 3.94. The Kier molecular flexibility index (Phi) is 5.65. The fourth-order valence-electron chi connectivity index (χ4n) is 1.65. The van der Waals surface area contributed by atoms with E-state index in [2.05, 4.69) is 0 Å². The van der Waals surface area contributed by atoms with Crippen LogP contribution >= 0.6 is 0 Å². The highest BCUT2D eigenvalue weighted by Crippen LogP contribution is 2.28. The van der Waals surface area contributed by atoms with Gasteiger partial charge < -0.3 is 14.4 Å². The van der Waals surface area contributed by atoms with Gasteiger partial charge in [0, 0.05) is 33.2 Å². The van der Waals surface area contributed by atoms with Crippen LogP contribution < -0.4 is 0 Å². The maximum Gasteiger partial charge on any atom is 0.225 e. The Balaban J connectivity index is 2.34. The minimum atomic E-state index is 0.263. The lowest BCUT2D eigenvalue weighted by atomic mass is 9.84. The molecule has 1 amide bonds. The zero-order chi connectivity index (χ0) is 11.1. The third-order valence-corrected chi connectivity index (χ3v) is 2.90. The lowest BCUT2D eigenvalue weighted by Gasteiger charge is -2.31. The summed E-state index contributed by atoms with van der Waals surface area (Å²) in [5.74, 6) is 0.536. The highest BCUT2D eigenvalue weighted by molar-refractivity contribution is 5.79. The molecular weight excluding hydrogens is 194 g/mol. The molecule has 0 heterocycles. The summed E-state index contributed by atoms with van der Waals surface area (Å²) >= 11 is 0. The molecule has 4 nitrogen and oxygen atoms in total. The van der Waals surface area contributed by atoms with E-state index in [4.69, 9.17) is 9.47 Å². The largest absolute Gasteiger partial charge is 0.383 e. The molecule has 15 heavy (non-hydrogen) atoms. The van der Waals surface area contributed by atoms with Crippen molar-refractivity contribution >= 4 is 5.91 Å². The summed E-state index contributed by atoms with van der Waals surface area (Å²) in [7, 11) is 3.31. The minimum Gasteiger partial charge on any atom is -0.383 e. The van der Waals surface area contributed by atoms with Gasteiger partial charge in [0.15, 0.2) is 0 Å². The van der Waals surface area contributed by atoms with E-state index < -0.39 is 0 Å². The molecule has 0 radical (unpaired) electrons. The lowest BCUT2D eigenvalue weighted by molar-refractivity contribution is -0.139. The molecule has 1 rings (SSSR count). The molecule has 4 heteroatoms. The van der Waals surface area contributed by atoms with Crippen LogP contribution in [0, 0.1) is 5.92 Å². The van der Waals surface area contributed by atoms with E-state index in [1.165, 1.54) is 6.42 Å². The Morgan fingerprint density at radius 2 is 1.73 bits per heavy atom. The van der Waals surface area contributed by atoms with Crippen molar-refractivity contribution in [3.63, 3.8) is 0 Å². The van der Waals surface area contributed by atoms with E-state index in [1.807, 2.05) is 4.90 Å². The predicted octanol–water partition coefficient (Wildman–Crippen LogP) is 0.908. The Morgan fingerprint density at radius 3 is 2.07 bits per heavy atom. The third-order valence-electron chi connectivity index (χ3n) is 2.90. The molecule has 1 fully saturated rings. The average molecular weight is 215 g/mol. The number of ether oxygens (including phenoxy) is 2. The highest BCUT2D eigenvalue weighted by atomic mass is 16.5. The zero-order valence-electron chi connectivity index (χ0n) is 9.70. The molecule has 1 saturated carbocycles. The fraction of sp³-hybridized carbons (Fsp3) is 0.909. The standard InChI is InChI=1S/C11H21NO3/c1-14-8-6-12(7-9-15-2)11(13)10-4-3-5-10/h10H,3-9H2,1-2H3. The molecule has 1 aliphatic carbocycles. The zero-order valence-corrected chi connectivity index (χ0v) is 9.70. The van der Waals surface area contributed by atoms with E-state index in [9.17, 15) is 4.79 Å². The Hall–Kier alpha value is -0.610. The van der Waals surface area contributed by atoms with Gasteiger partial charge in [-0.05, 0) is 12.8 Å². The summed E-state index contributed by atoms with van der Waals surface area (Å²) in [6.45, 7) is 2.55. The molecule has 0 unspecified atom stereocenters. The Morgan fingerprint density at radius 1 is 1.20 bits per heavy atom. The van der Waals surface area contributed by atoms with E-state index in [-0.39, 0.29) is 11.8 Å². The predicted molar refractivity (Wildman–Crippen MR) is 57.7 cm³/mol. The van der Waals surface area contributed by atoms with Gasteiger partial charge in [-0.2, -0.15) is 0 Å². The smallest absolute Gasteiger partial charge is 0.225 e. The number of hydrogen-bond donors (Lipinski definition) is 0. The van der Waals surface area contributed by atoms with Crippen LogP contribution in [-0.4, -0.2) is 51.3 Å². The first kappa shape index (κ1) is 12.5. The molecule has 0 aromatic carbocycles. The van der Waals surface area contributed by atoms with Gasteiger partial charge in [-0.1, -0.05) is 6.42 Å². The number of hydrogen-bond acceptors (Lipinski definition) is 3. The minimum absolute atomic E-state index is 0.263. The van der Waals surface area contributed by atoms with E-state index in [0.29, 0.717) is 26.3 Å². The van der Waals surface area contributed by atoms with Gasteiger partial charge >= 0.3 is 0 Å². The van der Waals surface area contributed by atoms with Crippen LogP contribution in [0.4, 0.5) is 0 Å². The second kappa shape index (κ2) is 6.80. The van der Waals surface area contributed by atoms with Gasteiger partial charge in [0.25, 0.3) is 0 Å². The Bertz CT molecular complexity index is 184. The van der Waals surface area contributed by atoms with Crippen LogP contribution in [0.5, 0.6) is 0 Å². The van der Waals surface area contributed by atoms with Crippen molar-refractivity contribution in [2.75, 3.05) is 40.5 Å². The summed E-state index contributed by atoms with van der Waals surface area (Å²) < 4.78 is 10.00. The number of amides is 1. The number of carbonyl (C=O) groups is 1. The van der Waals surface area contributed by atoms with Gasteiger partial charge in [0.2, 0.25) is 5.91 Å². The molecule has 0 aromatic heterocycles. The topological polar surface area (TPSA) is 38.8 Å². The van der Waals surface area contributed by atoms with Crippen molar-refractivity contribution in [2.24, 2.45) is 5.92 Å². The number of methoxy groups -OCH3 is 2. The van der Waals surface area contributed by atoms with Gasteiger partial charge in [-0.25, -0.2) is 0 Å². The van der Waals surface area contributed by atoms with Gasteiger partial charge in [-0.15, -0.1) is 0 Å². The normalized spacial score (nSPS) is 16.1. The molecule has 0 spiro atoms. The van der Waals surface area contributed by atoms with Crippen LogP contribution in [0.15, 0.2) is 0 Å². The lowest BCUT2D eigenvalue weighted by Crippen LogP contribution is -2.42. The maximum absolute atomic E-state index is 12.0. The molecule has 0 aliphatic heterocycles. The summed E-state index contributed by atoms with van der Waals surface area (Å²) in [6, 6.07) is 0. The van der Waals surface area contributed by atoms with Crippen LogP contribution in [0.3, 0.4) is 0 Å². The van der Waals surface area contributed by atoms with Crippen molar-refractivity contribution in [3.05, 3.63) is 0 Å². The third kappa shape index (κ3) is 3.80. The van der Waals surface area contributed by atoms with Crippen molar-refractivity contribution in [1.82, 2.24) is 4.90 Å². The van der Waals surface area contributed by atoms with Gasteiger partial charge in [0.05, 0.1) is 13.2 Å². The highest BCUT2D eigenvalue weighted by Gasteiger charge is 2.28. The first-order chi connectivity index (χ1) is 7.29. The van der Waals surface area contributed by atoms with Gasteiger partial charge in [-0.3, -0.25) is 4.79 Å². The number of nitrogens with zero attached hydrogens (tertiary/aromatic N) is 1. The molecule has 0 N–H and O–H groups in total.